The van der Waals surface area contributed by atoms with Gasteiger partial charge in [0.1, 0.15) is 0 Å². The summed E-state index contributed by atoms with van der Waals surface area (Å²) < 4.78 is 0. The number of likely N-dealkylation sites (N-methyl/N-ethyl adjacent to an activating group) is 1. The predicted molar refractivity (Wildman–Crippen MR) is 86.5 cm³/mol. The summed E-state index contributed by atoms with van der Waals surface area (Å²) in [6, 6.07) is 1.32. The highest BCUT2D eigenvalue weighted by Crippen LogP contribution is 2.35. The molecule has 1 saturated heterocycles. The molecule has 1 aliphatic heterocycles. The van der Waals surface area contributed by atoms with E-state index in [9.17, 15) is 5.11 Å². The molecule has 0 spiro atoms. The molecule has 3 fully saturated rings. The molecule has 3 rings (SSSR count). The first-order valence-corrected chi connectivity index (χ1v) is 8.78. The minimum absolute atomic E-state index is 0.00241. The molecule has 4 heteroatoms. The molecule has 1 heterocycles. The lowest BCUT2D eigenvalue weighted by Gasteiger charge is -2.51. The molecule has 2 aliphatic carbocycles. The lowest BCUT2D eigenvalue weighted by Crippen LogP contribution is -2.63. The van der Waals surface area contributed by atoms with E-state index in [2.05, 4.69) is 36.0 Å². The fourth-order valence-corrected chi connectivity index (χ4v) is 4.21. The van der Waals surface area contributed by atoms with E-state index < -0.39 is 0 Å². The van der Waals surface area contributed by atoms with Gasteiger partial charge in [-0.05, 0) is 59.4 Å². The summed E-state index contributed by atoms with van der Waals surface area (Å²) in [6.45, 7) is 8.49. The third-order valence-corrected chi connectivity index (χ3v) is 6.07. The van der Waals surface area contributed by atoms with Crippen LogP contribution < -0.4 is 5.32 Å². The van der Waals surface area contributed by atoms with Crippen molar-refractivity contribution in [3.8, 4) is 0 Å². The second kappa shape index (κ2) is 5.80. The van der Waals surface area contributed by atoms with Crippen LogP contribution in [-0.4, -0.2) is 71.4 Å². The minimum atomic E-state index is -0.00241. The number of nitrogens with one attached hydrogen (secondary N) is 1. The van der Waals surface area contributed by atoms with E-state index in [-0.39, 0.29) is 11.1 Å². The monoisotopic (exact) mass is 295 g/mol. The zero-order valence-corrected chi connectivity index (χ0v) is 14.1. The summed E-state index contributed by atoms with van der Waals surface area (Å²) >= 11 is 0. The van der Waals surface area contributed by atoms with Crippen LogP contribution in [0.2, 0.25) is 0 Å². The first-order valence-electron chi connectivity index (χ1n) is 8.78. The number of piperazine rings is 1. The zero-order chi connectivity index (χ0) is 15.1. The van der Waals surface area contributed by atoms with Crippen molar-refractivity contribution in [1.82, 2.24) is 15.1 Å². The Morgan fingerprint density at radius 2 is 1.95 bits per heavy atom. The Morgan fingerprint density at radius 1 is 1.19 bits per heavy atom. The first kappa shape index (κ1) is 15.7. The molecule has 0 aromatic rings. The highest BCUT2D eigenvalue weighted by Gasteiger charge is 2.43. The molecule has 21 heavy (non-hydrogen) atoms. The van der Waals surface area contributed by atoms with Gasteiger partial charge < -0.3 is 10.4 Å². The second-order valence-corrected chi connectivity index (χ2v) is 8.31. The summed E-state index contributed by atoms with van der Waals surface area (Å²) in [6.07, 6.45) is 7.42. The summed E-state index contributed by atoms with van der Waals surface area (Å²) in [7, 11) is 2.24. The van der Waals surface area contributed by atoms with Gasteiger partial charge in [-0.2, -0.15) is 0 Å². The lowest BCUT2D eigenvalue weighted by molar-refractivity contribution is -0.0122. The Morgan fingerprint density at radius 3 is 2.57 bits per heavy atom. The Balaban J connectivity index is 1.65. The van der Waals surface area contributed by atoms with Crippen molar-refractivity contribution in [2.45, 2.75) is 75.5 Å². The van der Waals surface area contributed by atoms with Gasteiger partial charge in [0.15, 0.2) is 0 Å². The maximum Gasteiger partial charge on any atom is 0.0613 e. The number of rotatable bonds is 4. The van der Waals surface area contributed by atoms with E-state index in [4.69, 9.17) is 0 Å². The van der Waals surface area contributed by atoms with Crippen LogP contribution in [-0.2, 0) is 0 Å². The quantitative estimate of drug-likeness (QED) is 0.823. The first-order chi connectivity index (χ1) is 9.94. The number of nitrogens with zero attached hydrogens (tertiary/aromatic N) is 2. The van der Waals surface area contributed by atoms with Gasteiger partial charge in [-0.1, -0.05) is 0 Å². The molecule has 2 unspecified atom stereocenters. The van der Waals surface area contributed by atoms with Gasteiger partial charge in [0.25, 0.3) is 0 Å². The molecule has 2 atom stereocenters. The SMILES string of the molecule is CN1CCN(C2CCCC(CO)(NC3CC3)C2)CC1(C)C. The van der Waals surface area contributed by atoms with Crippen LogP contribution in [0.3, 0.4) is 0 Å². The van der Waals surface area contributed by atoms with Crippen LogP contribution in [0.25, 0.3) is 0 Å². The van der Waals surface area contributed by atoms with Gasteiger partial charge in [-0.15, -0.1) is 0 Å². The van der Waals surface area contributed by atoms with Gasteiger partial charge in [-0.3, -0.25) is 9.80 Å². The molecular weight excluding hydrogens is 262 g/mol. The predicted octanol–water partition coefficient (Wildman–Crippen LogP) is 1.44. The van der Waals surface area contributed by atoms with Gasteiger partial charge in [-0.25, -0.2) is 0 Å². The van der Waals surface area contributed by atoms with Gasteiger partial charge in [0, 0.05) is 42.8 Å². The summed E-state index contributed by atoms with van der Waals surface area (Å²) in [5.41, 5.74) is 0.263. The Hall–Kier alpha value is -0.160. The number of hydrogen-bond acceptors (Lipinski definition) is 4. The average Bonchev–Trinajstić information content (AvgIpc) is 3.26. The van der Waals surface area contributed by atoms with Crippen LogP contribution >= 0.6 is 0 Å². The smallest absolute Gasteiger partial charge is 0.0613 e. The molecule has 122 valence electrons. The highest BCUT2D eigenvalue weighted by atomic mass is 16.3. The summed E-state index contributed by atoms with van der Waals surface area (Å²) in [5.74, 6) is 0. The minimum Gasteiger partial charge on any atom is -0.394 e. The second-order valence-electron chi connectivity index (χ2n) is 8.31. The summed E-state index contributed by atoms with van der Waals surface area (Å²) in [5, 5.41) is 13.8. The van der Waals surface area contributed by atoms with E-state index in [1.165, 1.54) is 32.2 Å². The van der Waals surface area contributed by atoms with Crippen molar-refractivity contribution >= 4 is 0 Å². The standard InChI is InChI=1S/C17H33N3O/c1-16(2)12-20(10-9-19(16)3)15-5-4-8-17(11-15,13-21)18-14-6-7-14/h14-15,18,21H,4-13H2,1-3H3. The normalized spacial score (nSPS) is 38.6. The highest BCUT2D eigenvalue weighted by molar-refractivity contribution is 5.02. The van der Waals surface area contributed by atoms with E-state index in [0.29, 0.717) is 18.7 Å². The van der Waals surface area contributed by atoms with E-state index in [0.717, 1.165) is 25.9 Å². The lowest BCUT2D eigenvalue weighted by atomic mass is 9.78. The molecule has 4 nitrogen and oxygen atoms in total. The van der Waals surface area contributed by atoms with Crippen molar-refractivity contribution in [3.63, 3.8) is 0 Å². The fraction of sp³-hybridized carbons (Fsp3) is 1.00. The number of aliphatic hydroxyl groups excluding tert-OH is 1. The molecule has 2 N–H and O–H groups in total. The number of aliphatic hydroxyl groups is 1. The van der Waals surface area contributed by atoms with Crippen LogP contribution in [0.4, 0.5) is 0 Å². The van der Waals surface area contributed by atoms with Crippen molar-refractivity contribution in [2.75, 3.05) is 33.3 Å². The van der Waals surface area contributed by atoms with Gasteiger partial charge in [0.2, 0.25) is 0 Å². The Bertz CT molecular complexity index is 369. The van der Waals surface area contributed by atoms with Gasteiger partial charge in [0.05, 0.1) is 6.61 Å². The Labute approximate surface area is 129 Å². The molecule has 0 amide bonds. The van der Waals surface area contributed by atoms with Gasteiger partial charge >= 0.3 is 0 Å². The summed E-state index contributed by atoms with van der Waals surface area (Å²) in [4.78, 5) is 5.17. The molecule has 0 aromatic heterocycles. The molecule has 3 aliphatic rings. The maximum absolute atomic E-state index is 9.99. The van der Waals surface area contributed by atoms with Crippen LogP contribution in [0.5, 0.6) is 0 Å². The van der Waals surface area contributed by atoms with E-state index in [1.807, 2.05) is 0 Å². The largest absolute Gasteiger partial charge is 0.394 e. The molecule has 0 aromatic carbocycles. The van der Waals surface area contributed by atoms with Crippen molar-refractivity contribution < 1.29 is 5.11 Å². The van der Waals surface area contributed by atoms with Crippen molar-refractivity contribution in [2.24, 2.45) is 0 Å². The molecule has 0 radical (unpaired) electrons. The molecular formula is C17H33N3O. The van der Waals surface area contributed by atoms with E-state index >= 15 is 0 Å². The van der Waals surface area contributed by atoms with Crippen LogP contribution in [0.15, 0.2) is 0 Å². The topological polar surface area (TPSA) is 38.7 Å². The number of hydrogen-bond donors (Lipinski definition) is 2. The fourth-order valence-electron chi connectivity index (χ4n) is 4.21. The zero-order valence-electron chi connectivity index (χ0n) is 14.1. The Kier molecular flexibility index (Phi) is 4.34. The van der Waals surface area contributed by atoms with Crippen molar-refractivity contribution in [1.29, 1.82) is 0 Å². The van der Waals surface area contributed by atoms with Crippen LogP contribution in [0, 0.1) is 0 Å². The third kappa shape index (κ3) is 3.44. The maximum atomic E-state index is 9.99. The molecule has 2 saturated carbocycles. The average molecular weight is 295 g/mol. The van der Waals surface area contributed by atoms with Crippen molar-refractivity contribution in [3.05, 3.63) is 0 Å². The van der Waals surface area contributed by atoms with E-state index in [1.54, 1.807) is 0 Å². The van der Waals surface area contributed by atoms with Crippen LogP contribution in [0.1, 0.15) is 52.4 Å². The molecule has 0 bridgehead atoms. The third-order valence-electron chi connectivity index (χ3n) is 6.07.